The van der Waals surface area contributed by atoms with Gasteiger partial charge in [0.25, 0.3) is 5.56 Å². The number of rotatable bonds is 3. The number of nitrogens with zero attached hydrogens (tertiary/aromatic N) is 3. The topological polar surface area (TPSA) is 59.8 Å². The monoisotopic (exact) mass is 382 g/mol. The molecule has 0 bridgehead atoms. The van der Waals surface area contributed by atoms with Gasteiger partial charge in [0.1, 0.15) is 5.65 Å². The molecule has 0 aliphatic heterocycles. The lowest BCUT2D eigenvalue weighted by atomic mass is 10.1. The van der Waals surface area contributed by atoms with Crippen LogP contribution in [0.4, 0.5) is 5.69 Å². The SMILES string of the molecule is CNc1c(-c2cncs2)c(=O)n(-c2ccc(Cl)cc2)c2nc(C)ccc12. The van der Waals surface area contributed by atoms with E-state index in [-0.39, 0.29) is 5.56 Å². The summed E-state index contributed by atoms with van der Waals surface area (Å²) in [7, 11) is 1.81. The van der Waals surface area contributed by atoms with E-state index < -0.39 is 0 Å². The summed E-state index contributed by atoms with van der Waals surface area (Å²) in [6.45, 7) is 1.91. The molecule has 3 aromatic heterocycles. The molecule has 0 radical (unpaired) electrons. The molecule has 1 aromatic carbocycles. The van der Waals surface area contributed by atoms with Gasteiger partial charge in [-0.05, 0) is 43.3 Å². The maximum absolute atomic E-state index is 13.5. The van der Waals surface area contributed by atoms with Crippen LogP contribution in [-0.4, -0.2) is 21.6 Å². The van der Waals surface area contributed by atoms with Gasteiger partial charge in [0.15, 0.2) is 0 Å². The minimum absolute atomic E-state index is 0.147. The average Bonchev–Trinajstić information content (AvgIpc) is 3.16. The van der Waals surface area contributed by atoms with Gasteiger partial charge < -0.3 is 5.32 Å². The highest BCUT2D eigenvalue weighted by Gasteiger charge is 2.20. The van der Waals surface area contributed by atoms with Crippen LogP contribution < -0.4 is 10.9 Å². The smallest absolute Gasteiger partial charge is 0.267 e. The number of benzene rings is 1. The molecule has 7 heteroatoms. The third-order valence-electron chi connectivity index (χ3n) is 4.18. The second-order valence-electron chi connectivity index (χ2n) is 5.81. The van der Waals surface area contributed by atoms with E-state index in [0.29, 0.717) is 16.2 Å². The van der Waals surface area contributed by atoms with E-state index in [1.807, 2.05) is 38.2 Å². The van der Waals surface area contributed by atoms with E-state index in [1.165, 1.54) is 11.3 Å². The highest BCUT2D eigenvalue weighted by Crippen LogP contribution is 2.34. The Morgan fingerprint density at radius 2 is 1.92 bits per heavy atom. The third kappa shape index (κ3) is 2.67. The van der Waals surface area contributed by atoms with Gasteiger partial charge in [0.2, 0.25) is 0 Å². The highest BCUT2D eigenvalue weighted by atomic mass is 35.5. The maximum Gasteiger partial charge on any atom is 0.267 e. The van der Waals surface area contributed by atoms with E-state index in [1.54, 1.807) is 28.4 Å². The molecule has 0 saturated heterocycles. The Kier molecular flexibility index (Phi) is 4.22. The van der Waals surface area contributed by atoms with Gasteiger partial charge in [-0.15, -0.1) is 11.3 Å². The van der Waals surface area contributed by atoms with Crippen molar-refractivity contribution in [1.29, 1.82) is 0 Å². The Balaban J connectivity index is 2.19. The summed E-state index contributed by atoms with van der Waals surface area (Å²) in [5.74, 6) is 0. The molecular weight excluding hydrogens is 368 g/mol. The number of aromatic nitrogens is 3. The van der Waals surface area contributed by atoms with Gasteiger partial charge in [-0.1, -0.05) is 11.6 Å². The molecule has 0 aliphatic rings. The summed E-state index contributed by atoms with van der Waals surface area (Å²) < 4.78 is 1.63. The molecule has 5 nitrogen and oxygen atoms in total. The van der Waals surface area contributed by atoms with Crippen molar-refractivity contribution in [2.75, 3.05) is 12.4 Å². The number of halogens is 1. The Hall–Kier alpha value is -2.70. The lowest BCUT2D eigenvalue weighted by molar-refractivity contribution is 1.01. The van der Waals surface area contributed by atoms with E-state index >= 15 is 0 Å². The first-order chi connectivity index (χ1) is 12.6. The van der Waals surface area contributed by atoms with Crippen molar-refractivity contribution in [3.63, 3.8) is 0 Å². The first kappa shape index (κ1) is 16.8. The number of nitrogens with one attached hydrogen (secondary N) is 1. The fraction of sp³-hybridized carbons (Fsp3) is 0.105. The predicted octanol–water partition coefficient (Wildman–Crippen LogP) is 4.51. The van der Waals surface area contributed by atoms with Crippen molar-refractivity contribution in [2.45, 2.75) is 6.92 Å². The van der Waals surface area contributed by atoms with E-state index in [2.05, 4.69) is 15.3 Å². The minimum atomic E-state index is -0.147. The number of thiazole rings is 1. The molecule has 0 aliphatic carbocycles. The molecule has 0 saturated carbocycles. The second-order valence-corrected chi connectivity index (χ2v) is 7.13. The van der Waals surface area contributed by atoms with Crippen molar-refractivity contribution in [2.24, 2.45) is 0 Å². The lowest BCUT2D eigenvalue weighted by Gasteiger charge is -2.17. The lowest BCUT2D eigenvalue weighted by Crippen LogP contribution is -2.23. The third-order valence-corrected chi connectivity index (χ3v) is 5.22. The Morgan fingerprint density at radius 1 is 1.15 bits per heavy atom. The number of hydrogen-bond donors (Lipinski definition) is 1. The minimum Gasteiger partial charge on any atom is -0.387 e. The quantitative estimate of drug-likeness (QED) is 0.566. The van der Waals surface area contributed by atoms with Gasteiger partial charge in [-0.2, -0.15) is 0 Å². The average molecular weight is 383 g/mol. The zero-order chi connectivity index (χ0) is 18.3. The van der Waals surface area contributed by atoms with Crippen LogP contribution in [-0.2, 0) is 0 Å². The largest absolute Gasteiger partial charge is 0.387 e. The maximum atomic E-state index is 13.5. The molecule has 4 aromatic rings. The number of aryl methyl sites for hydroxylation is 1. The zero-order valence-electron chi connectivity index (χ0n) is 14.2. The van der Waals surface area contributed by atoms with Crippen LogP contribution in [0.5, 0.6) is 0 Å². The van der Waals surface area contributed by atoms with Crippen LogP contribution in [0.2, 0.25) is 5.02 Å². The van der Waals surface area contributed by atoms with Gasteiger partial charge in [0.05, 0.1) is 27.3 Å². The fourth-order valence-electron chi connectivity index (χ4n) is 3.02. The summed E-state index contributed by atoms with van der Waals surface area (Å²) in [4.78, 5) is 23.1. The first-order valence-corrected chi connectivity index (χ1v) is 9.25. The number of hydrogen-bond acceptors (Lipinski definition) is 5. The van der Waals surface area contributed by atoms with Crippen molar-refractivity contribution in [1.82, 2.24) is 14.5 Å². The molecule has 4 rings (SSSR count). The summed E-state index contributed by atoms with van der Waals surface area (Å²) in [5.41, 5.74) is 5.08. The van der Waals surface area contributed by atoms with Crippen LogP contribution in [0.15, 0.2) is 52.9 Å². The fourth-order valence-corrected chi connectivity index (χ4v) is 3.81. The summed E-state index contributed by atoms with van der Waals surface area (Å²) in [6.07, 6.45) is 1.71. The van der Waals surface area contributed by atoms with E-state index in [0.717, 1.165) is 27.3 Å². The molecule has 130 valence electrons. The summed E-state index contributed by atoms with van der Waals surface area (Å²) in [6, 6.07) is 11.1. The second kappa shape index (κ2) is 6.55. The predicted molar refractivity (Wildman–Crippen MR) is 108 cm³/mol. The van der Waals surface area contributed by atoms with E-state index in [4.69, 9.17) is 11.6 Å². The van der Waals surface area contributed by atoms with Crippen LogP contribution in [0, 0.1) is 6.92 Å². The van der Waals surface area contributed by atoms with Crippen LogP contribution >= 0.6 is 22.9 Å². The van der Waals surface area contributed by atoms with Crippen LogP contribution in [0.1, 0.15) is 5.69 Å². The van der Waals surface area contributed by atoms with Gasteiger partial charge in [-0.3, -0.25) is 14.3 Å². The van der Waals surface area contributed by atoms with Crippen molar-refractivity contribution in [3.8, 4) is 16.1 Å². The molecule has 0 amide bonds. The first-order valence-electron chi connectivity index (χ1n) is 7.99. The molecule has 0 atom stereocenters. The zero-order valence-corrected chi connectivity index (χ0v) is 15.7. The van der Waals surface area contributed by atoms with E-state index in [9.17, 15) is 4.79 Å². The molecule has 26 heavy (non-hydrogen) atoms. The summed E-state index contributed by atoms with van der Waals surface area (Å²) >= 11 is 7.45. The molecule has 0 spiro atoms. The molecule has 0 fully saturated rings. The molecule has 3 heterocycles. The van der Waals surface area contributed by atoms with Crippen molar-refractivity contribution in [3.05, 3.63) is 69.2 Å². The normalized spacial score (nSPS) is 11.0. The number of anilines is 1. The number of pyridine rings is 2. The van der Waals surface area contributed by atoms with Gasteiger partial charge in [0, 0.05) is 29.3 Å². The molecule has 0 unspecified atom stereocenters. The Labute approximate surface area is 158 Å². The molecular formula is C19H15ClN4OS. The van der Waals surface area contributed by atoms with Crippen molar-refractivity contribution >= 4 is 39.7 Å². The van der Waals surface area contributed by atoms with Gasteiger partial charge >= 0.3 is 0 Å². The Bertz CT molecular complexity index is 1150. The standard InChI is InChI=1S/C19H15ClN4OS/c1-11-3-8-14-17(21-2)16(15-9-22-10-26-15)19(25)24(18(14)23-11)13-6-4-12(20)5-7-13/h3-10,21H,1-2H3. The van der Waals surface area contributed by atoms with Crippen LogP contribution in [0.3, 0.4) is 0 Å². The van der Waals surface area contributed by atoms with Crippen LogP contribution in [0.25, 0.3) is 27.2 Å². The summed E-state index contributed by atoms with van der Waals surface area (Å²) in [5, 5.41) is 4.67. The van der Waals surface area contributed by atoms with Crippen molar-refractivity contribution < 1.29 is 0 Å². The number of fused-ring (bicyclic) bond motifs is 1. The Morgan fingerprint density at radius 3 is 2.58 bits per heavy atom. The molecule has 1 N–H and O–H groups in total. The van der Waals surface area contributed by atoms with Gasteiger partial charge in [-0.25, -0.2) is 4.98 Å². The highest BCUT2D eigenvalue weighted by molar-refractivity contribution is 7.13.